The van der Waals surface area contributed by atoms with E-state index in [0.29, 0.717) is 51.6 Å². The molecule has 0 spiro atoms. The van der Waals surface area contributed by atoms with Crippen LogP contribution in [0.3, 0.4) is 0 Å². The van der Waals surface area contributed by atoms with Gasteiger partial charge in [-0.1, -0.05) is 60.7 Å². The van der Waals surface area contributed by atoms with Crippen LogP contribution < -0.4 is 10.6 Å². The van der Waals surface area contributed by atoms with E-state index in [4.69, 9.17) is 0 Å². The van der Waals surface area contributed by atoms with Crippen molar-refractivity contribution in [3.8, 4) is 0 Å². The van der Waals surface area contributed by atoms with Crippen molar-refractivity contribution in [1.29, 1.82) is 0 Å². The highest BCUT2D eigenvalue weighted by Crippen LogP contribution is 2.24. The molecule has 0 bridgehead atoms. The zero-order chi connectivity index (χ0) is 25.1. The van der Waals surface area contributed by atoms with Gasteiger partial charge in [0.2, 0.25) is 23.6 Å². The summed E-state index contributed by atoms with van der Waals surface area (Å²) < 4.78 is 0. The van der Waals surface area contributed by atoms with Crippen molar-refractivity contribution < 1.29 is 19.2 Å². The third kappa shape index (κ3) is 4.98. The zero-order valence-corrected chi connectivity index (χ0v) is 20.3. The van der Waals surface area contributed by atoms with Crippen LogP contribution in [-0.4, -0.2) is 70.7 Å². The lowest BCUT2D eigenvalue weighted by Gasteiger charge is -2.34. The molecule has 0 radical (unpaired) electrons. The highest BCUT2D eigenvalue weighted by Gasteiger charge is 2.43. The van der Waals surface area contributed by atoms with Gasteiger partial charge in [0.25, 0.3) is 0 Å². The molecule has 3 aliphatic heterocycles. The van der Waals surface area contributed by atoms with E-state index in [9.17, 15) is 19.2 Å². The predicted molar refractivity (Wildman–Crippen MR) is 134 cm³/mol. The molecule has 4 amide bonds. The smallest absolute Gasteiger partial charge is 0.246 e. The largest absolute Gasteiger partial charge is 0.342 e. The maximum Gasteiger partial charge on any atom is 0.246 e. The summed E-state index contributed by atoms with van der Waals surface area (Å²) in [6.07, 6.45) is 3.11. The van der Waals surface area contributed by atoms with Gasteiger partial charge >= 0.3 is 0 Å². The Kier molecular flexibility index (Phi) is 7.02. The number of rotatable bonds is 4. The van der Waals surface area contributed by atoms with Gasteiger partial charge in [-0.3, -0.25) is 19.2 Å². The summed E-state index contributed by atoms with van der Waals surface area (Å²) in [5.74, 6) is -1.12. The maximum absolute atomic E-state index is 13.7. The summed E-state index contributed by atoms with van der Waals surface area (Å²) in [6.45, 7) is 0.899. The lowest BCUT2D eigenvalue weighted by molar-refractivity contribution is -0.146. The molecule has 0 saturated carbocycles. The molecule has 5 rings (SSSR count). The number of nitrogens with zero attached hydrogens (tertiary/aromatic N) is 2. The van der Waals surface area contributed by atoms with E-state index in [0.717, 1.165) is 11.1 Å². The van der Waals surface area contributed by atoms with E-state index in [1.165, 1.54) is 0 Å². The molecule has 4 atom stereocenters. The minimum Gasteiger partial charge on any atom is -0.342 e. The van der Waals surface area contributed by atoms with E-state index in [1.807, 2.05) is 60.7 Å². The van der Waals surface area contributed by atoms with Crippen molar-refractivity contribution in [2.45, 2.75) is 62.7 Å². The van der Waals surface area contributed by atoms with Crippen LogP contribution in [0.2, 0.25) is 0 Å². The summed E-state index contributed by atoms with van der Waals surface area (Å²) in [7, 11) is 0. The van der Waals surface area contributed by atoms with Crippen LogP contribution in [0.1, 0.15) is 36.8 Å². The highest BCUT2D eigenvalue weighted by atomic mass is 16.2. The Morgan fingerprint density at radius 2 is 1.00 bits per heavy atom. The first-order chi connectivity index (χ1) is 17.5. The Hall–Kier alpha value is -3.68. The molecule has 36 heavy (non-hydrogen) atoms. The lowest BCUT2D eigenvalue weighted by atomic mass is 10.0. The van der Waals surface area contributed by atoms with Gasteiger partial charge < -0.3 is 20.4 Å². The van der Waals surface area contributed by atoms with Gasteiger partial charge in [0.05, 0.1) is 0 Å². The number of carbonyl (C=O) groups is 4. The molecule has 3 aliphatic rings. The van der Waals surface area contributed by atoms with Crippen LogP contribution in [-0.2, 0) is 32.0 Å². The molecule has 8 heteroatoms. The molecule has 0 aliphatic carbocycles. The topological polar surface area (TPSA) is 98.8 Å². The monoisotopic (exact) mass is 488 g/mol. The molecule has 4 unspecified atom stereocenters. The number of benzene rings is 2. The van der Waals surface area contributed by atoms with Gasteiger partial charge in [-0.25, -0.2) is 0 Å². The van der Waals surface area contributed by atoms with Crippen LogP contribution in [0.15, 0.2) is 60.7 Å². The minimum absolute atomic E-state index is 0.249. The van der Waals surface area contributed by atoms with Crippen LogP contribution in [0.4, 0.5) is 0 Å². The average Bonchev–Trinajstić information content (AvgIpc) is 3.58. The summed E-state index contributed by atoms with van der Waals surface area (Å²) >= 11 is 0. The Balaban J connectivity index is 1.47. The third-order valence-electron chi connectivity index (χ3n) is 7.47. The zero-order valence-electron chi connectivity index (χ0n) is 20.3. The number of fused-ring (bicyclic) bond motifs is 2. The van der Waals surface area contributed by atoms with Crippen LogP contribution in [0, 0.1) is 0 Å². The van der Waals surface area contributed by atoms with E-state index in [2.05, 4.69) is 10.6 Å². The number of amides is 4. The lowest BCUT2D eigenvalue weighted by Crippen LogP contribution is -2.61. The molecule has 0 aromatic heterocycles. The summed E-state index contributed by atoms with van der Waals surface area (Å²) in [5.41, 5.74) is 1.84. The van der Waals surface area contributed by atoms with Crippen molar-refractivity contribution in [2.75, 3.05) is 13.1 Å². The van der Waals surface area contributed by atoms with Crippen molar-refractivity contribution in [3.05, 3.63) is 71.8 Å². The fourth-order valence-electron chi connectivity index (χ4n) is 5.64. The number of carbonyl (C=O) groups excluding carboxylic acids is 4. The van der Waals surface area contributed by atoms with Crippen molar-refractivity contribution >= 4 is 23.6 Å². The molecule has 2 N–H and O–H groups in total. The normalized spacial score (nSPS) is 27.0. The first-order valence-corrected chi connectivity index (χ1v) is 12.8. The number of hydrogen-bond donors (Lipinski definition) is 2. The van der Waals surface area contributed by atoms with Crippen LogP contribution in [0.25, 0.3) is 0 Å². The molecule has 3 heterocycles. The second-order valence-corrected chi connectivity index (χ2v) is 9.88. The summed E-state index contributed by atoms with van der Waals surface area (Å²) in [6, 6.07) is 16.1. The Morgan fingerprint density at radius 3 is 1.39 bits per heavy atom. The van der Waals surface area contributed by atoms with E-state index >= 15 is 0 Å². The number of hydrogen-bond acceptors (Lipinski definition) is 4. The van der Waals surface area contributed by atoms with E-state index in [1.54, 1.807) is 9.80 Å². The fraction of sp³-hybridized carbons (Fsp3) is 0.429. The second kappa shape index (κ2) is 10.5. The molecule has 2 aromatic carbocycles. The molecule has 188 valence electrons. The van der Waals surface area contributed by atoms with E-state index < -0.39 is 24.2 Å². The standard InChI is InChI=1S/C28H32N4O4/c33-25-23-13-8-16-32(23)28(36)22(18-20-11-5-2-6-12-20)30-26(34)24-14-7-15-31(24)27(35)21(29-25)17-19-9-3-1-4-10-19/h1-6,9-12,21-24H,7-8,13-18H2,(H,29,33)(H,30,34). The Labute approximate surface area is 211 Å². The third-order valence-corrected chi connectivity index (χ3v) is 7.47. The maximum atomic E-state index is 13.7. The van der Waals surface area contributed by atoms with Crippen molar-refractivity contribution in [3.63, 3.8) is 0 Å². The molecule has 3 saturated heterocycles. The van der Waals surface area contributed by atoms with Crippen LogP contribution in [0.5, 0.6) is 0 Å². The SMILES string of the molecule is O=C1NC(Cc2ccccc2)C(=O)N2CCCC2C(=O)NC(Cc2ccccc2)C(=O)N2CCCC12. The molecular weight excluding hydrogens is 456 g/mol. The first-order valence-electron chi connectivity index (χ1n) is 12.8. The van der Waals surface area contributed by atoms with Crippen molar-refractivity contribution in [1.82, 2.24) is 20.4 Å². The quantitative estimate of drug-likeness (QED) is 0.680. The molecule has 2 aromatic rings. The molecule has 3 fully saturated rings. The van der Waals surface area contributed by atoms with Gasteiger partial charge in [0, 0.05) is 25.9 Å². The highest BCUT2D eigenvalue weighted by molar-refractivity contribution is 5.98. The Bertz CT molecular complexity index is 1030. The second-order valence-electron chi connectivity index (χ2n) is 9.88. The van der Waals surface area contributed by atoms with Gasteiger partial charge in [-0.15, -0.1) is 0 Å². The van der Waals surface area contributed by atoms with Gasteiger partial charge in [0.15, 0.2) is 0 Å². The van der Waals surface area contributed by atoms with E-state index in [-0.39, 0.29) is 23.6 Å². The summed E-state index contributed by atoms with van der Waals surface area (Å²) in [5, 5.41) is 5.92. The number of nitrogens with one attached hydrogen (secondary N) is 2. The first kappa shape index (κ1) is 24.0. The fourth-order valence-corrected chi connectivity index (χ4v) is 5.64. The van der Waals surface area contributed by atoms with Gasteiger partial charge in [-0.05, 0) is 36.8 Å². The summed E-state index contributed by atoms with van der Waals surface area (Å²) in [4.78, 5) is 57.5. The van der Waals surface area contributed by atoms with Gasteiger partial charge in [0.1, 0.15) is 24.2 Å². The van der Waals surface area contributed by atoms with Gasteiger partial charge in [-0.2, -0.15) is 0 Å². The van der Waals surface area contributed by atoms with Crippen LogP contribution >= 0.6 is 0 Å². The predicted octanol–water partition coefficient (Wildman–Crippen LogP) is 1.44. The van der Waals surface area contributed by atoms with Crippen molar-refractivity contribution in [2.24, 2.45) is 0 Å². The average molecular weight is 489 g/mol. The Morgan fingerprint density at radius 1 is 0.611 bits per heavy atom. The molecular formula is C28H32N4O4. The molecule has 8 nitrogen and oxygen atoms in total. The minimum atomic E-state index is -0.801.